The summed E-state index contributed by atoms with van der Waals surface area (Å²) in [6.07, 6.45) is 0.350. The highest BCUT2D eigenvalue weighted by atomic mass is 79.9. The molecule has 1 aliphatic rings. The van der Waals surface area contributed by atoms with Crippen LogP contribution in [0.15, 0.2) is 16.6 Å². The SMILES string of the molecule is COC(=O)c1c(NCC(C)(C)OC(=O)C(=O)OC(C)(C)C)ccc(Br)c1OC[C@H]1CCCN1C(=O)O. The largest absolute Gasteiger partial charge is 0.489 e. The number of ether oxygens (including phenoxy) is 4. The number of carbonyl (C=O) groups is 4. The zero-order valence-electron chi connectivity index (χ0n) is 21.3. The molecule has 0 aliphatic carbocycles. The Kier molecular flexibility index (Phi) is 9.58. The van der Waals surface area contributed by atoms with Crippen LogP contribution in [0.25, 0.3) is 0 Å². The van der Waals surface area contributed by atoms with Gasteiger partial charge < -0.3 is 34.3 Å². The molecular weight excluding hydrogens is 540 g/mol. The molecule has 1 heterocycles. The minimum atomic E-state index is -1.15. The van der Waals surface area contributed by atoms with Crippen molar-refractivity contribution >= 4 is 45.6 Å². The summed E-state index contributed by atoms with van der Waals surface area (Å²) in [6.45, 7) is 8.61. The minimum absolute atomic E-state index is 0.0298. The number of halogens is 1. The van der Waals surface area contributed by atoms with Gasteiger partial charge in [-0.3, -0.25) is 0 Å². The van der Waals surface area contributed by atoms with Crippen molar-refractivity contribution in [1.29, 1.82) is 0 Å². The summed E-state index contributed by atoms with van der Waals surface area (Å²) in [5, 5.41) is 12.4. The highest BCUT2D eigenvalue weighted by molar-refractivity contribution is 9.10. The number of esters is 3. The van der Waals surface area contributed by atoms with Crippen LogP contribution in [-0.2, 0) is 23.8 Å². The summed E-state index contributed by atoms with van der Waals surface area (Å²) in [5.74, 6) is -2.73. The third kappa shape index (κ3) is 8.00. The topological polar surface area (TPSA) is 141 Å². The van der Waals surface area contributed by atoms with Crippen LogP contribution in [0, 0.1) is 0 Å². The maximum atomic E-state index is 12.7. The second kappa shape index (κ2) is 11.8. The predicted molar refractivity (Wildman–Crippen MR) is 133 cm³/mol. The number of amides is 1. The van der Waals surface area contributed by atoms with Gasteiger partial charge in [-0.2, -0.15) is 0 Å². The summed E-state index contributed by atoms with van der Waals surface area (Å²) >= 11 is 3.38. The van der Waals surface area contributed by atoms with Crippen LogP contribution in [0.5, 0.6) is 5.75 Å². The number of rotatable bonds is 8. The molecule has 0 bridgehead atoms. The zero-order chi connectivity index (χ0) is 27.3. The summed E-state index contributed by atoms with van der Waals surface area (Å²) in [5.41, 5.74) is -1.58. The van der Waals surface area contributed by atoms with E-state index in [1.165, 1.54) is 12.0 Å². The maximum Gasteiger partial charge on any atom is 0.418 e. The number of anilines is 1. The molecule has 1 atom stereocenters. The smallest absolute Gasteiger partial charge is 0.418 e. The molecule has 1 amide bonds. The fourth-order valence-corrected chi connectivity index (χ4v) is 3.99. The van der Waals surface area contributed by atoms with E-state index < -0.39 is 35.2 Å². The summed E-state index contributed by atoms with van der Waals surface area (Å²) in [6, 6.07) is 2.93. The minimum Gasteiger partial charge on any atom is -0.489 e. The zero-order valence-corrected chi connectivity index (χ0v) is 22.9. The maximum absolute atomic E-state index is 12.7. The van der Waals surface area contributed by atoms with Gasteiger partial charge in [0.2, 0.25) is 0 Å². The molecule has 1 aromatic carbocycles. The van der Waals surface area contributed by atoms with Gasteiger partial charge in [0.25, 0.3) is 0 Å². The number of carboxylic acid groups (broad SMARTS) is 1. The van der Waals surface area contributed by atoms with Gasteiger partial charge in [0.05, 0.1) is 29.9 Å². The van der Waals surface area contributed by atoms with Gasteiger partial charge in [0.1, 0.15) is 29.1 Å². The molecule has 200 valence electrons. The quantitative estimate of drug-likeness (QED) is 0.268. The Balaban J connectivity index is 2.19. The number of likely N-dealkylation sites (tertiary alicyclic amines) is 1. The van der Waals surface area contributed by atoms with E-state index in [1.54, 1.807) is 46.8 Å². The van der Waals surface area contributed by atoms with Crippen molar-refractivity contribution in [3.63, 3.8) is 0 Å². The highest BCUT2D eigenvalue weighted by Crippen LogP contribution is 2.36. The van der Waals surface area contributed by atoms with Crippen molar-refractivity contribution in [3.05, 3.63) is 22.2 Å². The second-order valence-corrected chi connectivity index (χ2v) is 10.7. The number of benzene rings is 1. The van der Waals surface area contributed by atoms with Gasteiger partial charge in [-0.1, -0.05) is 0 Å². The van der Waals surface area contributed by atoms with Gasteiger partial charge in [0, 0.05) is 6.54 Å². The third-order valence-corrected chi connectivity index (χ3v) is 5.81. The Morgan fingerprint density at radius 3 is 2.33 bits per heavy atom. The molecule has 0 saturated carbocycles. The van der Waals surface area contributed by atoms with Gasteiger partial charge in [-0.15, -0.1) is 0 Å². The molecule has 12 heteroatoms. The van der Waals surface area contributed by atoms with Crippen molar-refractivity contribution in [2.45, 2.75) is 64.7 Å². The standard InChI is InChI=1S/C24H33BrN2O9/c1-23(2,3)35-20(29)21(30)36-24(4,5)13-26-16-10-9-15(25)18(17(16)19(28)33-6)34-12-14-8-7-11-27(14)22(31)32/h9-10,14,26H,7-8,11-13H2,1-6H3,(H,31,32)/t14-/m1/s1. The lowest BCUT2D eigenvalue weighted by Crippen LogP contribution is -2.40. The molecular formula is C24H33BrN2O9. The molecule has 0 spiro atoms. The van der Waals surface area contributed by atoms with Crippen LogP contribution in [0.3, 0.4) is 0 Å². The lowest BCUT2D eigenvalue weighted by atomic mass is 10.1. The summed E-state index contributed by atoms with van der Waals surface area (Å²) in [4.78, 5) is 49.6. The van der Waals surface area contributed by atoms with Crippen molar-refractivity contribution in [2.24, 2.45) is 0 Å². The monoisotopic (exact) mass is 572 g/mol. The van der Waals surface area contributed by atoms with Crippen molar-refractivity contribution in [2.75, 3.05) is 32.1 Å². The van der Waals surface area contributed by atoms with Crippen molar-refractivity contribution in [3.8, 4) is 5.75 Å². The molecule has 11 nitrogen and oxygen atoms in total. The lowest BCUT2D eigenvalue weighted by molar-refractivity contribution is -0.181. The first-order chi connectivity index (χ1) is 16.6. The van der Waals surface area contributed by atoms with Gasteiger partial charge >= 0.3 is 24.0 Å². The first kappa shape index (κ1) is 29.2. The Bertz CT molecular complexity index is 1000. The van der Waals surface area contributed by atoms with E-state index in [4.69, 9.17) is 18.9 Å². The third-order valence-electron chi connectivity index (χ3n) is 5.18. The fraction of sp³-hybridized carbons (Fsp3) is 0.583. The molecule has 0 aromatic heterocycles. The van der Waals surface area contributed by atoms with Gasteiger partial charge in [0.15, 0.2) is 0 Å². The first-order valence-electron chi connectivity index (χ1n) is 11.4. The molecule has 0 radical (unpaired) electrons. The second-order valence-electron chi connectivity index (χ2n) is 9.88. The Hall–Kier alpha value is -3.02. The lowest BCUT2D eigenvalue weighted by Gasteiger charge is -2.27. The molecule has 1 aromatic rings. The van der Waals surface area contributed by atoms with Crippen molar-refractivity contribution in [1.82, 2.24) is 4.90 Å². The van der Waals surface area contributed by atoms with E-state index in [0.29, 0.717) is 23.1 Å². The number of nitrogens with zero attached hydrogens (tertiary/aromatic N) is 1. The van der Waals surface area contributed by atoms with Crippen LogP contribution in [0.1, 0.15) is 57.8 Å². The number of hydrogen-bond donors (Lipinski definition) is 2. The number of hydrogen-bond acceptors (Lipinski definition) is 9. The first-order valence-corrected chi connectivity index (χ1v) is 12.2. The van der Waals surface area contributed by atoms with E-state index in [2.05, 4.69) is 21.2 Å². The summed E-state index contributed by atoms with van der Waals surface area (Å²) < 4.78 is 21.7. The van der Waals surface area contributed by atoms with E-state index in [-0.39, 0.29) is 30.5 Å². The van der Waals surface area contributed by atoms with Crippen LogP contribution in [0.4, 0.5) is 10.5 Å². The van der Waals surface area contributed by atoms with Gasteiger partial charge in [-0.25, -0.2) is 19.2 Å². The molecule has 1 fully saturated rings. The van der Waals surface area contributed by atoms with Gasteiger partial charge in [-0.05, 0) is 75.5 Å². The van der Waals surface area contributed by atoms with Crippen LogP contribution in [-0.4, -0.2) is 78.1 Å². The summed E-state index contributed by atoms with van der Waals surface area (Å²) in [7, 11) is 1.23. The predicted octanol–water partition coefficient (Wildman–Crippen LogP) is 3.83. The molecule has 2 rings (SSSR count). The van der Waals surface area contributed by atoms with Crippen molar-refractivity contribution < 1.29 is 43.2 Å². The number of carbonyl (C=O) groups excluding carboxylic acids is 3. The normalized spacial score (nSPS) is 15.8. The van der Waals surface area contributed by atoms with E-state index in [0.717, 1.165) is 6.42 Å². The molecule has 0 unspecified atom stereocenters. The highest BCUT2D eigenvalue weighted by Gasteiger charge is 2.33. The molecule has 36 heavy (non-hydrogen) atoms. The average Bonchev–Trinajstić information content (AvgIpc) is 3.24. The molecule has 2 N–H and O–H groups in total. The number of methoxy groups -OCH3 is 1. The Morgan fingerprint density at radius 2 is 1.75 bits per heavy atom. The van der Waals surface area contributed by atoms with E-state index in [1.807, 2.05) is 0 Å². The van der Waals surface area contributed by atoms with Crippen LogP contribution in [0.2, 0.25) is 0 Å². The number of nitrogens with one attached hydrogen (secondary N) is 1. The Morgan fingerprint density at radius 1 is 1.11 bits per heavy atom. The molecule has 1 saturated heterocycles. The van der Waals surface area contributed by atoms with E-state index in [9.17, 15) is 24.3 Å². The molecule has 1 aliphatic heterocycles. The van der Waals surface area contributed by atoms with Crippen LogP contribution < -0.4 is 10.1 Å². The Labute approximate surface area is 218 Å². The van der Waals surface area contributed by atoms with Crippen LogP contribution >= 0.6 is 15.9 Å². The average molecular weight is 573 g/mol. The fourth-order valence-electron chi connectivity index (χ4n) is 3.55. The van der Waals surface area contributed by atoms with E-state index >= 15 is 0 Å².